The number of aliphatic hydroxyl groups excluding tert-OH is 1. The molecule has 0 aromatic heterocycles. The number of piperazine rings is 1. The molecule has 1 rings (SSSR count). The highest BCUT2D eigenvalue weighted by Gasteiger charge is 2.40. The average Bonchev–Trinajstić information content (AvgIpc) is 2.11. The summed E-state index contributed by atoms with van der Waals surface area (Å²) in [6, 6.07) is 0. The molecule has 1 saturated heterocycles. The van der Waals surface area contributed by atoms with Gasteiger partial charge in [0.1, 0.15) is 12.6 Å². The van der Waals surface area contributed by atoms with Crippen molar-refractivity contribution in [3.05, 3.63) is 0 Å². The molecule has 1 aliphatic heterocycles. The second kappa shape index (κ2) is 4.12. The molecule has 5 nitrogen and oxygen atoms in total. The summed E-state index contributed by atoms with van der Waals surface area (Å²) in [6.07, 6.45) is 0.210. The van der Waals surface area contributed by atoms with Crippen molar-refractivity contribution in [2.45, 2.75) is 19.4 Å². The fourth-order valence-electron chi connectivity index (χ4n) is 1.73. The molecule has 0 bridgehead atoms. The molecule has 0 saturated carbocycles. The van der Waals surface area contributed by atoms with E-state index in [0.717, 1.165) is 0 Å². The average molecular weight is 206 g/mol. The number of quaternary nitrogens is 2. The molecule has 0 aromatic rings. The summed E-state index contributed by atoms with van der Waals surface area (Å²) in [5, 5.41) is 29.2. The van der Waals surface area contributed by atoms with Crippen LogP contribution in [0.5, 0.6) is 0 Å². The zero-order valence-electron chi connectivity index (χ0n) is 9.06. The normalized spacial score (nSPS) is 40.9. The van der Waals surface area contributed by atoms with Crippen LogP contribution in [0.3, 0.4) is 0 Å². The van der Waals surface area contributed by atoms with E-state index in [-0.39, 0.29) is 9.29 Å². The highest BCUT2D eigenvalue weighted by Crippen LogP contribution is 2.14. The van der Waals surface area contributed by atoms with Crippen molar-refractivity contribution in [3.8, 4) is 0 Å². The fourth-order valence-corrected chi connectivity index (χ4v) is 1.73. The van der Waals surface area contributed by atoms with Crippen molar-refractivity contribution in [1.82, 2.24) is 0 Å². The molecule has 1 unspecified atom stereocenters. The first-order valence-electron chi connectivity index (χ1n) is 5.21. The summed E-state index contributed by atoms with van der Waals surface area (Å²) in [4.78, 5) is 0. The summed E-state index contributed by atoms with van der Waals surface area (Å²) in [6.45, 7) is 4.34. The van der Waals surface area contributed by atoms with Gasteiger partial charge < -0.3 is 5.11 Å². The first-order chi connectivity index (χ1) is 6.37. The highest BCUT2D eigenvalue weighted by atomic mass is 16.6. The van der Waals surface area contributed by atoms with Crippen molar-refractivity contribution in [1.29, 1.82) is 0 Å². The maximum atomic E-state index is 10.1. The topological polar surface area (TPSA) is 60.7 Å². The van der Waals surface area contributed by atoms with Gasteiger partial charge in [-0.1, -0.05) is 6.92 Å². The third-order valence-electron chi connectivity index (χ3n) is 3.02. The lowest BCUT2D eigenvalue weighted by Crippen LogP contribution is -2.64. The van der Waals surface area contributed by atoms with Gasteiger partial charge in [0.25, 0.3) is 0 Å². The van der Waals surface area contributed by atoms with E-state index in [0.29, 0.717) is 39.1 Å². The second-order valence-corrected chi connectivity index (χ2v) is 4.57. The largest absolute Gasteiger partial charge is 0.387 e. The Hall–Kier alpha value is -0.200. The molecule has 1 aliphatic rings. The number of hydrogen-bond acceptors (Lipinski definition) is 3. The summed E-state index contributed by atoms with van der Waals surface area (Å²) >= 11 is 0. The van der Waals surface area contributed by atoms with Crippen LogP contribution in [-0.4, -0.2) is 70.7 Å². The molecule has 0 aliphatic carbocycles. The van der Waals surface area contributed by atoms with Crippen LogP contribution in [0.15, 0.2) is 0 Å². The van der Waals surface area contributed by atoms with Gasteiger partial charge in [-0.05, 0) is 6.42 Å². The molecule has 1 fully saturated rings. The summed E-state index contributed by atoms with van der Waals surface area (Å²) in [7, 11) is 1.74. The molecule has 5 heteroatoms. The zero-order valence-corrected chi connectivity index (χ0v) is 9.06. The SMILES string of the molecule is CCC(O)C[N+]1(O)CC[N+](C)(O)CC1. The monoisotopic (exact) mass is 206 g/mol. The molecule has 14 heavy (non-hydrogen) atoms. The predicted octanol–water partition coefficient (Wildman–Crippen LogP) is -0.187. The number of hydroxylamine groups is 6. The molecule has 3 N–H and O–H groups in total. The van der Waals surface area contributed by atoms with Gasteiger partial charge in [0.15, 0.2) is 26.2 Å². The number of hydrogen-bond donors (Lipinski definition) is 3. The van der Waals surface area contributed by atoms with E-state index in [9.17, 15) is 15.5 Å². The third kappa shape index (κ3) is 3.18. The van der Waals surface area contributed by atoms with Crippen LogP contribution in [0.1, 0.15) is 13.3 Å². The van der Waals surface area contributed by atoms with Crippen molar-refractivity contribution in [3.63, 3.8) is 0 Å². The van der Waals surface area contributed by atoms with Gasteiger partial charge in [-0.2, -0.15) is 9.29 Å². The van der Waals surface area contributed by atoms with E-state index in [1.54, 1.807) is 7.05 Å². The Morgan fingerprint density at radius 1 is 1.14 bits per heavy atom. The Morgan fingerprint density at radius 2 is 1.64 bits per heavy atom. The van der Waals surface area contributed by atoms with Crippen LogP contribution in [0.2, 0.25) is 0 Å². The molecule has 0 aromatic carbocycles. The van der Waals surface area contributed by atoms with Crippen molar-refractivity contribution >= 4 is 0 Å². The number of likely N-dealkylation sites (N-methyl/N-ethyl adjacent to an activating group) is 1. The summed E-state index contributed by atoms with van der Waals surface area (Å²) in [5.41, 5.74) is 0. The van der Waals surface area contributed by atoms with E-state index in [1.807, 2.05) is 6.92 Å². The Morgan fingerprint density at radius 3 is 2.07 bits per heavy atom. The van der Waals surface area contributed by atoms with Gasteiger partial charge in [0.05, 0.1) is 7.05 Å². The molecule has 84 valence electrons. The van der Waals surface area contributed by atoms with Gasteiger partial charge in [-0.25, -0.2) is 10.4 Å². The first kappa shape index (κ1) is 11.9. The van der Waals surface area contributed by atoms with Gasteiger partial charge in [-0.15, -0.1) is 0 Å². The van der Waals surface area contributed by atoms with Crippen LogP contribution in [0, 0.1) is 0 Å². The number of aliphatic hydroxyl groups is 1. The van der Waals surface area contributed by atoms with Crippen LogP contribution >= 0.6 is 0 Å². The number of nitrogens with zero attached hydrogens (tertiary/aromatic N) is 2. The van der Waals surface area contributed by atoms with Crippen LogP contribution in [-0.2, 0) is 0 Å². The first-order valence-corrected chi connectivity index (χ1v) is 5.21. The van der Waals surface area contributed by atoms with Crippen molar-refractivity contribution in [2.75, 3.05) is 39.8 Å². The predicted molar refractivity (Wildman–Crippen MR) is 50.7 cm³/mol. The van der Waals surface area contributed by atoms with Crippen molar-refractivity contribution < 1.29 is 24.8 Å². The zero-order chi connectivity index (χ0) is 10.8. The minimum Gasteiger partial charge on any atom is -0.387 e. The van der Waals surface area contributed by atoms with Gasteiger partial charge in [0, 0.05) is 0 Å². The standard InChI is InChI=1S/C9H22N2O3/c1-3-9(12)8-11(14)6-4-10(2,13)5-7-11/h9,12-14H,3-8H2,1-2H3/q+2. The quantitative estimate of drug-likeness (QED) is 0.561. The lowest BCUT2D eigenvalue weighted by molar-refractivity contribution is -1.18. The minimum absolute atomic E-state index is 0.0250. The smallest absolute Gasteiger partial charge is 0.161 e. The Balaban J connectivity index is 2.45. The van der Waals surface area contributed by atoms with Crippen molar-refractivity contribution in [2.24, 2.45) is 0 Å². The third-order valence-corrected chi connectivity index (χ3v) is 3.02. The highest BCUT2D eigenvalue weighted by molar-refractivity contribution is 4.52. The second-order valence-electron chi connectivity index (χ2n) is 4.57. The Kier molecular flexibility index (Phi) is 3.49. The lowest BCUT2D eigenvalue weighted by atomic mass is 10.2. The molecular weight excluding hydrogens is 184 g/mol. The summed E-state index contributed by atoms with van der Waals surface area (Å²) in [5.74, 6) is 0. The minimum atomic E-state index is -0.449. The maximum absolute atomic E-state index is 10.1. The molecular formula is C9H22N2O3+2. The van der Waals surface area contributed by atoms with E-state index in [4.69, 9.17) is 0 Å². The van der Waals surface area contributed by atoms with Gasteiger partial charge >= 0.3 is 0 Å². The molecule has 0 spiro atoms. The molecule has 1 atom stereocenters. The molecule has 1 heterocycles. The molecule has 0 amide bonds. The fraction of sp³-hybridized carbons (Fsp3) is 1.00. The van der Waals surface area contributed by atoms with Gasteiger partial charge in [-0.3, -0.25) is 0 Å². The van der Waals surface area contributed by atoms with E-state index >= 15 is 0 Å². The van der Waals surface area contributed by atoms with E-state index in [1.165, 1.54) is 0 Å². The Labute approximate surface area is 84.9 Å². The van der Waals surface area contributed by atoms with Crippen LogP contribution in [0.25, 0.3) is 0 Å². The molecule has 0 radical (unpaired) electrons. The van der Waals surface area contributed by atoms with Crippen LogP contribution < -0.4 is 0 Å². The Bertz CT molecular complexity index is 186. The lowest BCUT2D eigenvalue weighted by Gasteiger charge is -2.39. The summed E-state index contributed by atoms with van der Waals surface area (Å²) < 4.78 is -0.133. The van der Waals surface area contributed by atoms with E-state index < -0.39 is 6.10 Å². The maximum Gasteiger partial charge on any atom is 0.161 e. The van der Waals surface area contributed by atoms with Crippen LogP contribution in [0.4, 0.5) is 0 Å². The number of rotatable bonds is 3. The van der Waals surface area contributed by atoms with Gasteiger partial charge in [0.2, 0.25) is 0 Å². The van der Waals surface area contributed by atoms with E-state index in [2.05, 4.69) is 0 Å².